The van der Waals surface area contributed by atoms with Crippen LogP contribution in [0.25, 0.3) is 0 Å². The summed E-state index contributed by atoms with van der Waals surface area (Å²) in [5.41, 5.74) is 0. The van der Waals surface area contributed by atoms with E-state index in [2.05, 4.69) is 18.3 Å². The lowest BCUT2D eigenvalue weighted by Gasteiger charge is -1.87. The minimum absolute atomic E-state index is 0.674. The van der Waals surface area contributed by atoms with Crippen LogP contribution < -0.4 is 5.32 Å². The first-order chi connectivity index (χ1) is 3.41. The lowest BCUT2D eigenvalue weighted by atomic mass is 10.5. The Labute approximate surface area is 44.1 Å². The molecule has 0 saturated heterocycles. The molecule has 0 radical (unpaired) electrons. The SMILES string of the molecule is CC[NH2+]CCC#N. The molecule has 0 spiro atoms. The topological polar surface area (TPSA) is 40.4 Å². The number of hydrogen-bond acceptors (Lipinski definition) is 1. The molecule has 2 nitrogen and oxygen atoms in total. The molecule has 2 heteroatoms. The van der Waals surface area contributed by atoms with Crippen LogP contribution in [-0.2, 0) is 0 Å². The van der Waals surface area contributed by atoms with Gasteiger partial charge in [0.05, 0.1) is 25.6 Å². The molecule has 2 N–H and O–H groups in total. The van der Waals surface area contributed by atoms with E-state index >= 15 is 0 Å². The molecule has 0 atom stereocenters. The van der Waals surface area contributed by atoms with E-state index in [1.54, 1.807) is 0 Å². The largest absolute Gasteiger partial charge is 0.346 e. The Morgan fingerprint density at radius 1 is 1.71 bits per heavy atom. The van der Waals surface area contributed by atoms with Crippen molar-refractivity contribution in [1.82, 2.24) is 0 Å². The molecule has 0 aliphatic heterocycles. The van der Waals surface area contributed by atoms with Gasteiger partial charge in [0.15, 0.2) is 0 Å². The quantitative estimate of drug-likeness (QED) is 0.475. The average molecular weight is 99.2 g/mol. The number of nitriles is 1. The van der Waals surface area contributed by atoms with Gasteiger partial charge >= 0.3 is 0 Å². The molecular weight excluding hydrogens is 88.1 g/mol. The zero-order valence-electron chi connectivity index (χ0n) is 4.65. The number of quaternary nitrogens is 1. The molecule has 0 aromatic carbocycles. The number of nitrogens with two attached hydrogens (primary N) is 1. The zero-order valence-corrected chi connectivity index (χ0v) is 4.65. The van der Waals surface area contributed by atoms with Crippen LogP contribution in [0.4, 0.5) is 0 Å². The second-order valence-corrected chi connectivity index (χ2v) is 1.39. The van der Waals surface area contributed by atoms with Crippen LogP contribution >= 0.6 is 0 Å². The first-order valence-electron chi connectivity index (χ1n) is 2.60. The standard InChI is InChI=1S/C5H10N2/c1-2-7-5-3-4-6/h7H,2-3,5H2,1H3/p+1. The summed E-state index contributed by atoms with van der Waals surface area (Å²) in [6.45, 7) is 4.12. The van der Waals surface area contributed by atoms with E-state index in [-0.39, 0.29) is 0 Å². The molecule has 0 aromatic rings. The lowest BCUT2D eigenvalue weighted by Crippen LogP contribution is -2.83. The third-order valence-corrected chi connectivity index (χ3v) is 0.749. The molecule has 0 aliphatic carbocycles. The van der Waals surface area contributed by atoms with Gasteiger partial charge in [0.25, 0.3) is 0 Å². The maximum atomic E-state index is 8.02. The Hall–Kier alpha value is -0.550. The molecule has 0 heterocycles. The maximum Gasteiger partial charge on any atom is 0.0887 e. The van der Waals surface area contributed by atoms with Gasteiger partial charge in [0, 0.05) is 0 Å². The monoisotopic (exact) mass is 99.1 g/mol. The van der Waals surface area contributed by atoms with Gasteiger partial charge in [-0.15, -0.1) is 0 Å². The second kappa shape index (κ2) is 5.45. The smallest absolute Gasteiger partial charge is 0.0887 e. The molecule has 0 bridgehead atoms. The lowest BCUT2D eigenvalue weighted by molar-refractivity contribution is -0.650. The molecule has 0 fully saturated rings. The second-order valence-electron chi connectivity index (χ2n) is 1.39. The number of nitrogens with zero attached hydrogens (tertiary/aromatic N) is 1. The Balaban J connectivity index is 2.60. The van der Waals surface area contributed by atoms with Crippen LogP contribution in [0.3, 0.4) is 0 Å². The van der Waals surface area contributed by atoms with Gasteiger partial charge in [-0.05, 0) is 6.92 Å². The third kappa shape index (κ3) is 5.45. The molecule has 0 aromatic heterocycles. The van der Waals surface area contributed by atoms with Crippen molar-refractivity contribution in [2.24, 2.45) is 0 Å². The van der Waals surface area contributed by atoms with E-state index in [0.717, 1.165) is 13.1 Å². The summed E-state index contributed by atoms with van der Waals surface area (Å²) in [5, 5.41) is 10.1. The van der Waals surface area contributed by atoms with Crippen LogP contribution in [0.2, 0.25) is 0 Å². The third-order valence-electron chi connectivity index (χ3n) is 0.749. The van der Waals surface area contributed by atoms with Crippen molar-refractivity contribution < 1.29 is 5.32 Å². The minimum Gasteiger partial charge on any atom is -0.346 e. The van der Waals surface area contributed by atoms with Crippen molar-refractivity contribution in [3.05, 3.63) is 0 Å². The van der Waals surface area contributed by atoms with E-state index in [0.29, 0.717) is 6.42 Å². The van der Waals surface area contributed by atoms with Gasteiger partial charge in [0.1, 0.15) is 0 Å². The Kier molecular flexibility index (Phi) is 5.02. The average Bonchev–Trinajstić information content (AvgIpc) is 1.69. The fourth-order valence-electron chi connectivity index (χ4n) is 0.371. The first-order valence-corrected chi connectivity index (χ1v) is 2.60. The zero-order chi connectivity index (χ0) is 5.54. The molecular formula is C5H11N2+. The van der Waals surface area contributed by atoms with Gasteiger partial charge in [-0.1, -0.05) is 0 Å². The number of rotatable bonds is 3. The normalized spacial score (nSPS) is 8.00. The van der Waals surface area contributed by atoms with E-state index in [1.165, 1.54) is 0 Å². The van der Waals surface area contributed by atoms with Crippen molar-refractivity contribution in [2.75, 3.05) is 13.1 Å². The summed E-state index contributed by atoms with van der Waals surface area (Å²) in [4.78, 5) is 0. The highest BCUT2D eigenvalue weighted by molar-refractivity contribution is 4.65. The van der Waals surface area contributed by atoms with Gasteiger partial charge in [0.2, 0.25) is 0 Å². The van der Waals surface area contributed by atoms with Crippen LogP contribution in [0.1, 0.15) is 13.3 Å². The predicted molar refractivity (Wildman–Crippen MR) is 27.6 cm³/mol. The van der Waals surface area contributed by atoms with E-state index < -0.39 is 0 Å². The Morgan fingerprint density at radius 2 is 2.43 bits per heavy atom. The van der Waals surface area contributed by atoms with Crippen molar-refractivity contribution in [2.45, 2.75) is 13.3 Å². The van der Waals surface area contributed by atoms with Crippen LogP contribution in [0, 0.1) is 11.3 Å². The molecule has 7 heavy (non-hydrogen) atoms. The minimum atomic E-state index is 0.674. The molecule has 0 saturated carbocycles. The fraction of sp³-hybridized carbons (Fsp3) is 0.800. The summed E-state index contributed by atoms with van der Waals surface area (Å²) >= 11 is 0. The summed E-state index contributed by atoms with van der Waals surface area (Å²) in [6.07, 6.45) is 0.674. The van der Waals surface area contributed by atoms with Crippen molar-refractivity contribution in [1.29, 1.82) is 5.26 Å². The Bertz CT molecular complexity index is 63.0. The fourth-order valence-corrected chi connectivity index (χ4v) is 0.371. The Morgan fingerprint density at radius 3 is 2.86 bits per heavy atom. The summed E-state index contributed by atoms with van der Waals surface area (Å²) in [6, 6.07) is 2.07. The van der Waals surface area contributed by atoms with Crippen molar-refractivity contribution >= 4 is 0 Å². The highest BCUT2D eigenvalue weighted by atomic mass is 14.8. The van der Waals surface area contributed by atoms with Crippen molar-refractivity contribution in [3.8, 4) is 6.07 Å². The van der Waals surface area contributed by atoms with E-state index in [9.17, 15) is 0 Å². The van der Waals surface area contributed by atoms with Crippen LogP contribution in [-0.4, -0.2) is 13.1 Å². The highest BCUT2D eigenvalue weighted by Crippen LogP contribution is 1.59. The number of hydrogen-bond donors (Lipinski definition) is 1. The summed E-state index contributed by atoms with van der Waals surface area (Å²) < 4.78 is 0. The first kappa shape index (κ1) is 6.45. The maximum absolute atomic E-state index is 8.02. The van der Waals surface area contributed by atoms with Gasteiger partial charge in [-0.25, -0.2) is 0 Å². The molecule has 40 valence electrons. The molecule has 0 unspecified atom stereocenters. The molecule has 0 aliphatic rings. The molecule has 0 amide bonds. The van der Waals surface area contributed by atoms with Gasteiger partial charge < -0.3 is 5.32 Å². The highest BCUT2D eigenvalue weighted by Gasteiger charge is 1.80. The van der Waals surface area contributed by atoms with E-state index in [1.807, 2.05) is 0 Å². The van der Waals surface area contributed by atoms with E-state index in [4.69, 9.17) is 5.26 Å². The predicted octanol–water partition coefficient (Wildman–Crippen LogP) is -0.517. The summed E-state index contributed by atoms with van der Waals surface area (Å²) in [5.74, 6) is 0. The van der Waals surface area contributed by atoms with Crippen LogP contribution in [0.5, 0.6) is 0 Å². The van der Waals surface area contributed by atoms with Crippen molar-refractivity contribution in [3.63, 3.8) is 0 Å². The van der Waals surface area contributed by atoms with Gasteiger partial charge in [-0.2, -0.15) is 5.26 Å². The molecule has 0 rings (SSSR count). The summed E-state index contributed by atoms with van der Waals surface area (Å²) in [7, 11) is 0. The van der Waals surface area contributed by atoms with Crippen LogP contribution in [0.15, 0.2) is 0 Å². The van der Waals surface area contributed by atoms with Gasteiger partial charge in [-0.3, -0.25) is 0 Å².